The maximum Gasteiger partial charge on any atom is 0.213 e. The predicted octanol–water partition coefficient (Wildman–Crippen LogP) is 3.42. The van der Waals surface area contributed by atoms with Crippen LogP contribution in [0.5, 0.6) is 5.88 Å². The summed E-state index contributed by atoms with van der Waals surface area (Å²) in [6.07, 6.45) is 6.27. The minimum absolute atomic E-state index is 0.404. The van der Waals surface area contributed by atoms with Crippen molar-refractivity contribution in [2.45, 2.75) is 25.7 Å². The number of nitrogens with two attached hydrogens (primary N) is 1. The van der Waals surface area contributed by atoms with Crippen LogP contribution in [0.15, 0.2) is 41.5 Å². The molecule has 3 N–H and O–H groups in total. The standard InChI is InChI=1S/C18H21ClN4O/c19-14-8-9-17(22-12-14)24-11-10-21-18(20)23-16-7-3-5-13-4-1-2-6-15(13)16/h3,5,7-9,12H,1-2,4,6,10-11H2,(H3,20,21,23). The zero-order chi connectivity index (χ0) is 16.8. The number of guanidine groups is 1. The lowest BCUT2D eigenvalue weighted by Gasteiger charge is -2.19. The quantitative estimate of drug-likeness (QED) is 0.495. The molecule has 6 heteroatoms. The lowest BCUT2D eigenvalue weighted by Crippen LogP contribution is -2.25. The van der Waals surface area contributed by atoms with Gasteiger partial charge in [0.15, 0.2) is 5.96 Å². The normalized spacial score (nSPS) is 14.1. The maximum absolute atomic E-state index is 5.99. The first-order valence-corrected chi connectivity index (χ1v) is 8.52. The van der Waals surface area contributed by atoms with Gasteiger partial charge in [0.1, 0.15) is 6.61 Å². The van der Waals surface area contributed by atoms with Crippen LogP contribution in [-0.2, 0) is 12.8 Å². The second-order valence-electron chi connectivity index (χ2n) is 5.71. The molecule has 2 aromatic rings. The van der Waals surface area contributed by atoms with E-state index < -0.39 is 0 Å². The second-order valence-corrected chi connectivity index (χ2v) is 6.14. The van der Waals surface area contributed by atoms with Gasteiger partial charge in [-0.1, -0.05) is 23.7 Å². The smallest absolute Gasteiger partial charge is 0.213 e. The number of aromatic nitrogens is 1. The summed E-state index contributed by atoms with van der Waals surface area (Å²) in [5.41, 5.74) is 9.83. The summed E-state index contributed by atoms with van der Waals surface area (Å²) in [7, 11) is 0. The molecule has 0 bridgehead atoms. The van der Waals surface area contributed by atoms with E-state index in [9.17, 15) is 0 Å². The molecule has 0 saturated carbocycles. The number of hydrogen-bond donors (Lipinski definition) is 2. The third kappa shape index (κ3) is 4.38. The highest BCUT2D eigenvalue weighted by molar-refractivity contribution is 6.30. The van der Waals surface area contributed by atoms with E-state index in [1.54, 1.807) is 18.3 Å². The molecule has 0 saturated heterocycles. The van der Waals surface area contributed by atoms with Gasteiger partial charge in [-0.25, -0.2) is 9.98 Å². The summed E-state index contributed by atoms with van der Waals surface area (Å²) in [5.74, 6) is 0.930. The molecule has 0 spiro atoms. The number of ether oxygens (including phenoxy) is 1. The van der Waals surface area contributed by atoms with Gasteiger partial charge < -0.3 is 15.8 Å². The molecule has 1 aromatic heterocycles. The SMILES string of the molecule is NC(=NCCOc1ccc(Cl)cn1)Nc1cccc2c1CCCC2. The van der Waals surface area contributed by atoms with Gasteiger partial charge in [0.05, 0.1) is 11.6 Å². The highest BCUT2D eigenvalue weighted by Gasteiger charge is 2.12. The average Bonchev–Trinajstić information content (AvgIpc) is 2.61. The number of nitrogens with one attached hydrogen (secondary N) is 1. The van der Waals surface area contributed by atoms with Gasteiger partial charge in [-0.2, -0.15) is 0 Å². The van der Waals surface area contributed by atoms with Crippen molar-refractivity contribution in [2.24, 2.45) is 10.7 Å². The van der Waals surface area contributed by atoms with Gasteiger partial charge in [0.2, 0.25) is 5.88 Å². The Hall–Kier alpha value is -2.27. The molecule has 24 heavy (non-hydrogen) atoms. The van der Waals surface area contributed by atoms with E-state index in [0.717, 1.165) is 18.5 Å². The van der Waals surface area contributed by atoms with Gasteiger partial charge in [-0.05, 0) is 48.9 Å². The number of pyridine rings is 1. The molecule has 0 radical (unpaired) electrons. The molecule has 1 aromatic carbocycles. The monoisotopic (exact) mass is 344 g/mol. The Balaban J connectivity index is 1.52. The van der Waals surface area contributed by atoms with Gasteiger partial charge in [-0.15, -0.1) is 0 Å². The van der Waals surface area contributed by atoms with Gasteiger partial charge >= 0.3 is 0 Å². The highest BCUT2D eigenvalue weighted by Crippen LogP contribution is 2.27. The van der Waals surface area contributed by atoms with E-state index in [4.69, 9.17) is 22.1 Å². The Morgan fingerprint density at radius 2 is 2.12 bits per heavy atom. The molecule has 0 aliphatic heterocycles. The Morgan fingerprint density at radius 3 is 2.96 bits per heavy atom. The van der Waals surface area contributed by atoms with Crippen LogP contribution in [-0.4, -0.2) is 24.1 Å². The van der Waals surface area contributed by atoms with Crippen molar-refractivity contribution in [1.82, 2.24) is 4.98 Å². The average molecular weight is 345 g/mol. The van der Waals surface area contributed by atoms with Gasteiger partial charge in [-0.3, -0.25) is 0 Å². The van der Waals surface area contributed by atoms with Crippen LogP contribution in [0.4, 0.5) is 5.69 Å². The van der Waals surface area contributed by atoms with Crippen LogP contribution in [0, 0.1) is 0 Å². The van der Waals surface area contributed by atoms with E-state index in [2.05, 4.69) is 33.5 Å². The fourth-order valence-electron chi connectivity index (χ4n) is 2.84. The largest absolute Gasteiger partial charge is 0.476 e. The summed E-state index contributed by atoms with van der Waals surface area (Å²) in [6.45, 7) is 0.863. The summed E-state index contributed by atoms with van der Waals surface area (Å²) < 4.78 is 5.49. The molecule has 1 aliphatic rings. The van der Waals surface area contributed by atoms with Crippen LogP contribution < -0.4 is 15.8 Å². The molecule has 0 fully saturated rings. The van der Waals surface area contributed by atoms with Crippen molar-refractivity contribution >= 4 is 23.2 Å². The second kappa shape index (κ2) is 8.02. The van der Waals surface area contributed by atoms with Crippen molar-refractivity contribution in [3.8, 4) is 5.88 Å². The Kier molecular flexibility index (Phi) is 5.54. The van der Waals surface area contributed by atoms with Gasteiger partial charge in [0.25, 0.3) is 0 Å². The molecule has 0 amide bonds. The Morgan fingerprint density at radius 1 is 1.25 bits per heavy atom. The Bertz CT molecular complexity index is 715. The molecule has 1 heterocycles. The number of aryl methyl sites for hydroxylation is 1. The van der Waals surface area contributed by atoms with Crippen molar-refractivity contribution in [2.75, 3.05) is 18.5 Å². The summed E-state index contributed by atoms with van der Waals surface area (Å²) in [6, 6.07) is 9.78. The summed E-state index contributed by atoms with van der Waals surface area (Å²) in [5, 5.41) is 3.80. The first-order chi connectivity index (χ1) is 11.7. The van der Waals surface area contributed by atoms with Crippen LogP contribution in [0.1, 0.15) is 24.0 Å². The van der Waals surface area contributed by atoms with Crippen LogP contribution in [0.25, 0.3) is 0 Å². The zero-order valence-corrected chi connectivity index (χ0v) is 14.2. The minimum Gasteiger partial charge on any atom is -0.476 e. The van der Waals surface area contributed by atoms with Crippen LogP contribution >= 0.6 is 11.6 Å². The Labute approximate surface area is 146 Å². The number of fused-ring (bicyclic) bond motifs is 1. The number of aliphatic imine (C=N–C) groups is 1. The molecule has 0 unspecified atom stereocenters. The number of nitrogens with zero attached hydrogens (tertiary/aromatic N) is 2. The van der Waals surface area contributed by atoms with E-state index in [-0.39, 0.29) is 0 Å². The molecule has 0 atom stereocenters. The molecule has 3 rings (SSSR count). The first kappa shape index (κ1) is 16.6. The summed E-state index contributed by atoms with van der Waals surface area (Å²) >= 11 is 5.78. The molecule has 5 nitrogen and oxygen atoms in total. The third-order valence-electron chi connectivity index (χ3n) is 3.98. The third-order valence-corrected chi connectivity index (χ3v) is 4.21. The predicted molar refractivity (Wildman–Crippen MR) is 97.9 cm³/mol. The minimum atomic E-state index is 0.404. The number of rotatable bonds is 5. The van der Waals surface area contributed by atoms with E-state index in [1.807, 2.05) is 0 Å². The van der Waals surface area contributed by atoms with E-state index in [0.29, 0.717) is 30.0 Å². The zero-order valence-electron chi connectivity index (χ0n) is 13.5. The number of benzene rings is 1. The lowest BCUT2D eigenvalue weighted by molar-refractivity contribution is 0.316. The maximum atomic E-state index is 5.99. The highest BCUT2D eigenvalue weighted by atomic mass is 35.5. The molecule has 1 aliphatic carbocycles. The topological polar surface area (TPSA) is 72.5 Å². The van der Waals surface area contributed by atoms with Crippen molar-refractivity contribution < 1.29 is 4.74 Å². The number of halogens is 1. The number of anilines is 1. The number of hydrogen-bond acceptors (Lipinski definition) is 3. The van der Waals surface area contributed by atoms with Crippen molar-refractivity contribution in [3.63, 3.8) is 0 Å². The van der Waals surface area contributed by atoms with Crippen molar-refractivity contribution in [1.29, 1.82) is 0 Å². The van der Waals surface area contributed by atoms with Crippen LogP contribution in [0.2, 0.25) is 5.02 Å². The van der Waals surface area contributed by atoms with Gasteiger partial charge in [0, 0.05) is 18.0 Å². The lowest BCUT2D eigenvalue weighted by atomic mass is 9.90. The fourth-order valence-corrected chi connectivity index (χ4v) is 2.95. The van der Waals surface area contributed by atoms with E-state index >= 15 is 0 Å². The molecular weight excluding hydrogens is 324 g/mol. The molecular formula is C18H21ClN4O. The first-order valence-electron chi connectivity index (χ1n) is 8.14. The summed E-state index contributed by atoms with van der Waals surface area (Å²) in [4.78, 5) is 8.37. The van der Waals surface area contributed by atoms with Crippen molar-refractivity contribution in [3.05, 3.63) is 52.7 Å². The van der Waals surface area contributed by atoms with Crippen LogP contribution in [0.3, 0.4) is 0 Å². The van der Waals surface area contributed by atoms with E-state index in [1.165, 1.54) is 24.0 Å². The fraction of sp³-hybridized carbons (Fsp3) is 0.333. The molecule has 126 valence electrons.